The molecular weight excluding hydrogens is 324 g/mol. The highest BCUT2D eigenvalue weighted by Crippen LogP contribution is 2.28. The fourth-order valence-electron chi connectivity index (χ4n) is 1.48. The molecular formula is C10H4BrF2N5O. The zero-order valence-corrected chi connectivity index (χ0v) is 10.6. The van der Waals surface area contributed by atoms with E-state index in [1.807, 2.05) is 0 Å². The minimum absolute atomic E-state index is 0.0641. The van der Waals surface area contributed by atoms with Crippen molar-refractivity contribution < 1.29 is 13.3 Å². The number of aromatic nitrogens is 5. The van der Waals surface area contributed by atoms with Gasteiger partial charge in [-0.2, -0.15) is 10.1 Å². The molecule has 1 aromatic carbocycles. The van der Waals surface area contributed by atoms with Gasteiger partial charge < -0.3 is 4.52 Å². The summed E-state index contributed by atoms with van der Waals surface area (Å²) in [6, 6.07) is 2.22. The number of hydrogen-bond acceptors (Lipinski definition) is 5. The maximum atomic E-state index is 13.7. The van der Waals surface area contributed by atoms with E-state index in [2.05, 4.69) is 41.3 Å². The smallest absolute Gasteiger partial charge is 0.264 e. The van der Waals surface area contributed by atoms with Crippen LogP contribution in [0.4, 0.5) is 8.78 Å². The van der Waals surface area contributed by atoms with Gasteiger partial charge in [0.15, 0.2) is 5.82 Å². The predicted octanol–water partition coefficient (Wildman–Crippen LogP) is 2.56. The Kier molecular flexibility index (Phi) is 2.82. The van der Waals surface area contributed by atoms with Gasteiger partial charge in [0.25, 0.3) is 5.89 Å². The second-order valence-electron chi connectivity index (χ2n) is 3.50. The number of nitrogens with one attached hydrogen (secondary N) is 1. The highest BCUT2D eigenvalue weighted by molar-refractivity contribution is 9.10. The third-order valence-corrected chi connectivity index (χ3v) is 2.73. The van der Waals surface area contributed by atoms with Crippen molar-refractivity contribution in [2.45, 2.75) is 0 Å². The molecule has 1 N–H and O–H groups in total. The lowest BCUT2D eigenvalue weighted by molar-refractivity contribution is 0.426. The van der Waals surface area contributed by atoms with Crippen molar-refractivity contribution in [3.8, 4) is 23.1 Å². The molecule has 3 aromatic rings. The standard InChI is InChI=1S/C10H4BrF2N5O/c11-4-1-5(12)7(6(13)2-4)10-16-9(18-19-10)8-14-3-15-17-8/h1-3H,(H,14,15,17). The molecule has 2 heterocycles. The molecule has 3 rings (SSSR count). The van der Waals surface area contributed by atoms with Crippen LogP contribution in [0.3, 0.4) is 0 Å². The van der Waals surface area contributed by atoms with Crippen molar-refractivity contribution in [2.75, 3.05) is 0 Å². The van der Waals surface area contributed by atoms with Gasteiger partial charge in [-0.05, 0) is 12.1 Å². The molecule has 0 radical (unpaired) electrons. The predicted molar refractivity (Wildman–Crippen MR) is 62.7 cm³/mol. The van der Waals surface area contributed by atoms with Gasteiger partial charge in [-0.15, -0.1) is 0 Å². The lowest BCUT2D eigenvalue weighted by Gasteiger charge is -2.00. The molecule has 9 heteroatoms. The summed E-state index contributed by atoms with van der Waals surface area (Å²) in [5, 5.41) is 9.71. The topological polar surface area (TPSA) is 80.5 Å². The molecule has 0 atom stereocenters. The van der Waals surface area contributed by atoms with E-state index in [0.29, 0.717) is 0 Å². The highest BCUT2D eigenvalue weighted by Gasteiger charge is 2.20. The average Bonchev–Trinajstić information content (AvgIpc) is 2.97. The van der Waals surface area contributed by atoms with E-state index in [4.69, 9.17) is 4.52 Å². The van der Waals surface area contributed by atoms with Crippen LogP contribution in [0.2, 0.25) is 0 Å². The van der Waals surface area contributed by atoms with Crippen LogP contribution in [0.15, 0.2) is 27.5 Å². The summed E-state index contributed by atoms with van der Waals surface area (Å²) in [5.74, 6) is -1.57. The molecule has 0 aliphatic rings. The molecule has 0 saturated carbocycles. The third kappa shape index (κ3) is 2.12. The average molecular weight is 328 g/mol. The van der Waals surface area contributed by atoms with Crippen LogP contribution in [0.25, 0.3) is 23.1 Å². The summed E-state index contributed by atoms with van der Waals surface area (Å²) in [6.07, 6.45) is 1.26. The Labute approximate surface area is 113 Å². The number of H-pyrrole nitrogens is 1. The Morgan fingerprint density at radius 1 is 1.21 bits per heavy atom. The second-order valence-corrected chi connectivity index (χ2v) is 4.42. The Balaban J connectivity index is 2.09. The fraction of sp³-hybridized carbons (Fsp3) is 0. The Hall–Kier alpha value is -2.16. The van der Waals surface area contributed by atoms with Gasteiger partial charge in [-0.1, -0.05) is 21.1 Å². The van der Waals surface area contributed by atoms with Crippen LogP contribution in [0, 0.1) is 11.6 Å². The lowest BCUT2D eigenvalue weighted by atomic mass is 10.2. The van der Waals surface area contributed by atoms with Crippen molar-refractivity contribution in [1.29, 1.82) is 0 Å². The number of benzene rings is 1. The van der Waals surface area contributed by atoms with Crippen molar-refractivity contribution in [3.05, 3.63) is 34.6 Å². The summed E-state index contributed by atoms with van der Waals surface area (Å²) in [7, 11) is 0. The molecule has 0 saturated heterocycles. The van der Waals surface area contributed by atoms with Gasteiger partial charge in [-0.25, -0.2) is 13.8 Å². The van der Waals surface area contributed by atoms with E-state index in [9.17, 15) is 8.78 Å². The van der Waals surface area contributed by atoms with E-state index in [1.54, 1.807) is 0 Å². The van der Waals surface area contributed by atoms with E-state index < -0.39 is 11.6 Å². The lowest BCUT2D eigenvalue weighted by Crippen LogP contribution is -1.91. The van der Waals surface area contributed by atoms with Crippen LogP contribution in [0.5, 0.6) is 0 Å². The first-order valence-corrected chi connectivity index (χ1v) is 5.79. The molecule has 96 valence electrons. The summed E-state index contributed by atoms with van der Waals surface area (Å²) in [5.41, 5.74) is -0.388. The molecule has 6 nitrogen and oxygen atoms in total. The van der Waals surface area contributed by atoms with Crippen LogP contribution in [-0.2, 0) is 0 Å². The first-order chi connectivity index (χ1) is 9.15. The molecule has 0 spiro atoms. The Bertz CT molecular complexity index is 704. The third-order valence-electron chi connectivity index (χ3n) is 2.27. The van der Waals surface area contributed by atoms with Gasteiger partial charge in [0, 0.05) is 4.47 Å². The monoisotopic (exact) mass is 327 g/mol. The largest absolute Gasteiger partial charge is 0.333 e. The summed E-state index contributed by atoms with van der Waals surface area (Å²) >= 11 is 2.99. The number of hydrogen-bond donors (Lipinski definition) is 1. The van der Waals surface area contributed by atoms with Crippen LogP contribution in [0.1, 0.15) is 0 Å². The maximum Gasteiger partial charge on any atom is 0.264 e. The van der Waals surface area contributed by atoms with Gasteiger partial charge >= 0.3 is 0 Å². The molecule has 2 aromatic heterocycles. The van der Waals surface area contributed by atoms with E-state index in [-0.39, 0.29) is 27.6 Å². The van der Waals surface area contributed by atoms with Gasteiger partial charge in [0.05, 0.1) is 0 Å². The zero-order valence-electron chi connectivity index (χ0n) is 9.06. The molecule has 0 fully saturated rings. The Morgan fingerprint density at radius 2 is 1.95 bits per heavy atom. The van der Waals surface area contributed by atoms with E-state index >= 15 is 0 Å². The number of halogens is 3. The molecule has 0 unspecified atom stereocenters. The quantitative estimate of drug-likeness (QED) is 0.782. The van der Waals surface area contributed by atoms with Crippen LogP contribution < -0.4 is 0 Å². The fourth-order valence-corrected chi connectivity index (χ4v) is 1.88. The molecule has 0 aliphatic heterocycles. The van der Waals surface area contributed by atoms with Gasteiger partial charge in [0.2, 0.25) is 5.82 Å². The van der Waals surface area contributed by atoms with E-state index in [1.165, 1.54) is 6.33 Å². The van der Waals surface area contributed by atoms with Crippen LogP contribution >= 0.6 is 15.9 Å². The number of rotatable bonds is 2. The minimum Gasteiger partial charge on any atom is -0.333 e. The first kappa shape index (κ1) is 11.9. The molecule has 0 amide bonds. The molecule has 19 heavy (non-hydrogen) atoms. The van der Waals surface area contributed by atoms with Gasteiger partial charge in [-0.3, -0.25) is 5.10 Å². The zero-order chi connectivity index (χ0) is 13.4. The van der Waals surface area contributed by atoms with Gasteiger partial charge in [0.1, 0.15) is 23.5 Å². The van der Waals surface area contributed by atoms with E-state index in [0.717, 1.165) is 12.1 Å². The second kappa shape index (κ2) is 4.50. The van der Waals surface area contributed by atoms with Crippen molar-refractivity contribution in [3.63, 3.8) is 0 Å². The number of aromatic amines is 1. The van der Waals surface area contributed by atoms with Crippen molar-refractivity contribution in [2.24, 2.45) is 0 Å². The molecule has 0 aliphatic carbocycles. The maximum absolute atomic E-state index is 13.7. The first-order valence-electron chi connectivity index (χ1n) is 4.99. The van der Waals surface area contributed by atoms with Crippen molar-refractivity contribution >= 4 is 15.9 Å². The normalized spacial score (nSPS) is 10.9. The Morgan fingerprint density at radius 3 is 2.58 bits per heavy atom. The van der Waals surface area contributed by atoms with Crippen LogP contribution in [-0.4, -0.2) is 25.3 Å². The minimum atomic E-state index is -0.806. The highest BCUT2D eigenvalue weighted by atomic mass is 79.9. The SMILES string of the molecule is Fc1cc(Br)cc(F)c1-c1nc(-c2ncn[nH]2)no1. The summed E-state index contributed by atoms with van der Waals surface area (Å²) in [4.78, 5) is 7.67. The number of nitrogens with zero attached hydrogens (tertiary/aromatic N) is 4. The summed E-state index contributed by atoms with van der Waals surface area (Å²) in [6.45, 7) is 0. The van der Waals surface area contributed by atoms with Crippen molar-refractivity contribution in [1.82, 2.24) is 25.3 Å². The summed E-state index contributed by atoms with van der Waals surface area (Å²) < 4.78 is 32.5. The molecule has 0 bridgehead atoms.